The average molecular weight is 367 g/mol. The second-order valence-corrected chi connectivity index (χ2v) is 8.37. The molecule has 0 spiro atoms. The summed E-state index contributed by atoms with van der Waals surface area (Å²) in [6, 6.07) is 0. The number of hydrogen-bond acceptors (Lipinski definition) is 3. The average Bonchev–Trinajstić information content (AvgIpc) is 2.75. The van der Waals surface area contributed by atoms with Crippen LogP contribution in [-0.4, -0.2) is 28.1 Å². The summed E-state index contributed by atoms with van der Waals surface area (Å²) in [4.78, 5) is 23.2. The van der Waals surface area contributed by atoms with Gasteiger partial charge in [-0.3, -0.25) is 9.59 Å². The molecule has 0 heterocycles. The first-order valence-electron chi connectivity index (χ1n) is 10.4. The van der Waals surface area contributed by atoms with E-state index in [1.807, 2.05) is 6.92 Å². The molecular formula is C22H38O4. The zero-order valence-corrected chi connectivity index (χ0v) is 16.9. The number of carbonyl (C=O) groups excluding carboxylic acids is 1. The van der Waals surface area contributed by atoms with Gasteiger partial charge >= 0.3 is 5.97 Å². The normalized spacial score (nSPS) is 28.9. The number of unbranched alkanes of at least 4 members (excludes halogenated alkanes) is 6. The first-order valence-corrected chi connectivity index (χ1v) is 10.4. The van der Waals surface area contributed by atoms with Gasteiger partial charge in [-0.25, -0.2) is 0 Å². The molecule has 0 aromatic rings. The molecule has 0 unspecified atom stereocenters. The van der Waals surface area contributed by atoms with Crippen LogP contribution in [0.3, 0.4) is 0 Å². The molecule has 150 valence electrons. The lowest BCUT2D eigenvalue weighted by Crippen LogP contribution is -2.41. The molecule has 0 amide bonds. The first-order chi connectivity index (χ1) is 12.3. The predicted octanol–water partition coefficient (Wildman–Crippen LogP) is 5.28. The molecule has 0 aliphatic heterocycles. The number of allylic oxidation sites excluding steroid dienone is 2. The van der Waals surface area contributed by atoms with Crippen molar-refractivity contribution in [2.24, 2.45) is 10.8 Å². The Labute approximate surface area is 159 Å². The monoisotopic (exact) mass is 366 g/mol. The predicted molar refractivity (Wildman–Crippen MR) is 105 cm³/mol. The van der Waals surface area contributed by atoms with Crippen LogP contribution >= 0.6 is 0 Å². The van der Waals surface area contributed by atoms with Gasteiger partial charge in [0.2, 0.25) is 0 Å². The van der Waals surface area contributed by atoms with Gasteiger partial charge < -0.3 is 10.2 Å². The van der Waals surface area contributed by atoms with Crippen LogP contribution in [0.15, 0.2) is 12.2 Å². The molecule has 1 rings (SSSR count). The number of ketones is 1. The molecule has 2 N–H and O–H groups in total. The Bertz CT molecular complexity index is 485. The summed E-state index contributed by atoms with van der Waals surface area (Å²) < 4.78 is 0. The van der Waals surface area contributed by atoms with Gasteiger partial charge in [-0.1, -0.05) is 65.0 Å². The van der Waals surface area contributed by atoms with Crippen LogP contribution < -0.4 is 0 Å². The Morgan fingerprint density at radius 3 is 2.46 bits per heavy atom. The Hall–Kier alpha value is -1.16. The highest BCUT2D eigenvalue weighted by atomic mass is 16.4. The van der Waals surface area contributed by atoms with E-state index < -0.39 is 22.9 Å². The van der Waals surface area contributed by atoms with Crippen LogP contribution in [0.1, 0.15) is 97.8 Å². The molecule has 0 aromatic carbocycles. The van der Waals surface area contributed by atoms with Gasteiger partial charge in [-0.2, -0.15) is 0 Å². The van der Waals surface area contributed by atoms with E-state index >= 15 is 0 Å². The molecule has 1 fully saturated rings. The summed E-state index contributed by atoms with van der Waals surface area (Å²) in [5.41, 5.74) is -0.903. The smallest absolute Gasteiger partial charge is 0.303 e. The van der Waals surface area contributed by atoms with Crippen molar-refractivity contribution in [1.82, 2.24) is 0 Å². The number of carboxylic acid groups (broad SMARTS) is 1. The largest absolute Gasteiger partial charge is 0.481 e. The highest BCUT2D eigenvalue weighted by molar-refractivity contribution is 5.88. The Balaban J connectivity index is 2.57. The van der Waals surface area contributed by atoms with E-state index in [1.54, 1.807) is 0 Å². The van der Waals surface area contributed by atoms with Crippen LogP contribution in [0, 0.1) is 10.8 Å². The fourth-order valence-corrected chi connectivity index (χ4v) is 4.17. The van der Waals surface area contributed by atoms with Gasteiger partial charge in [0.15, 0.2) is 0 Å². The van der Waals surface area contributed by atoms with Gasteiger partial charge in [-0.05, 0) is 32.1 Å². The van der Waals surface area contributed by atoms with Crippen molar-refractivity contribution in [2.45, 2.75) is 104 Å². The zero-order valence-electron chi connectivity index (χ0n) is 16.9. The van der Waals surface area contributed by atoms with Crippen molar-refractivity contribution in [3.63, 3.8) is 0 Å². The topological polar surface area (TPSA) is 74.6 Å². The van der Waals surface area contributed by atoms with Crippen LogP contribution in [0.2, 0.25) is 0 Å². The maximum atomic E-state index is 12.6. The number of hydrogen-bond donors (Lipinski definition) is 2. The highest BCUT2D eigenvalue weighted by Crippen LogP contribution is 2.55. The molecule has 1 aliphatic carbocycles. The van der Waals surface area contributed by atoms with E-state index in [0.29, 0.717) is 6.42 Å². The van der Waals surface area contributed by atoms with Crippen LogP contribution in [0.5, 0.6) is 0 Å². The second-order valence-electron chi connectivity index (χ2n) is 8.37. The lowest BCUT2D eigenvalue weighted by atomic mass is 9.62. The second kappa shape index (κ2) is 10.9. The highest BCUT2D eigenvalue weighted by Gasteiger charge is 2.58. The number of carbonyl (C=O) groups is 2. The van der Waals surface area contributed by atoms with Gasteiger partial charge in [0, 0.05) is 23.7 Å². The lowest BCUT2D eigenvalue weighted by Gasteiger charge is -2.41. The third kappa shape index (κ3) is 5.94. The number of rotatable bonds is 13. The Morgan fingerprint density at radius 1 is 1.12 bits per heavy atom. The summed E-state index contributed by atoms with van der Waals surface area (Å²) in [6.45, 7) is 6.27. The minimum atomic E-state index is -0.746. The standard InChI is InChI=1S/C22H38O4/c1-4-5-6-7-9-12-15-21(2)18(23)17-19(24)22(21,3)16-13-10-8-11-14-20(25)26/h9,12,18,23H,4-8,10-11,13-17H2,1-3H3,(H,25,26)/t18-,21+,22+/m0/s1. The third-order valence-electron chi connectivity index (χ3n) is 6.49. The summed E-state index contributed by atoms with van der Waals surface area (Å²) in [5.74, 6) is -0.568. The molecule has 26 heavy (non-hydrogen) atoms. The quantitative estimate of drug-likeness (QED) is 0.343. The Morgan fingerprint density at radius 2 is 1.81 bits per heavy atom. The zero-order chi connectivity index (χ0) is 19.6. The van der Waals surface area contributed by atoms with E-state index in [9.17, 15) is 14.7 Å². The first kappa shape index (κ1) is 22.9. The van der Waals surface area contributed by atoms with Crippen LogP contribution in [0.4, 0.5) is 0 Å². The summed E-state index contributed by atoms with van der Waals surface area (Å²) in [6.07, 6.45) is 13.9. The van der Waals surface area contributed by atoms with E-state index in [0.717, 1.165) is 38.5 Å². The summed E-state index contributed by atoms with van der Waals surface area (Å²) in [5, 5.41) is 19.3. The van der Waals surface area contributed by atoms with Crippen molar-refractivity contribution < 1.29 is 19.8 Å². The van der Waals surface area contributed by atoms with Gasteiger partial charge in [0.1, 0.15) is 5.78 Å². The third-order valence-corrected chi connectivity index (χ3v) is 6.49. The van der Waals surface area contributed by atoms with Crippen LogP contribution in [-0.2, 0) is 9.59 Å². The number of carboxylic acids is 1. The maximum Gasteiger partial charge on any atom is 0.303 e. The molecule has 4 heteroatoms. The van der Waals surface area contributed by atoms with Gasteiger partial charge in [0.05, 0.1) is 6.10 Å². The number of aliphatic hydroxyl groups is 1. The number of aliphatic carboxylic acids is 1. The molecule has 0 aromatic heterocycles. The number of aliphatic hydroxyl groups excluding tert-OH is 1. The van der Waals surface area contributed by atoms with E-state index in [4.69, 9.17) is 5.11 Å². The Kier molecular flexibility index (Phi) is 9.56. The summed E-state index contributed by atoms with van der Waals surface area (Å²) >= 11 is 0. The van der Waals surface area contributed by atoms with Gasteiger partial charge in [0.25, 0.3) is 0 Å². The SMILES string of the molecule is CCCCCC=CC[C@]1(C)[C@@H](O)CC(=O)[C@@]1(C)CCCCCCC(=O)O. The van der Waals surface area contributed by atoms with Crippen LogP contribution in [0.25, 0.3) is 0 Å². The van der Waals surface area contributed by atoms with Crippen molar-refractivity contribution in [3.05, 3.63) is 12.2 Å². The molecule has 1 saturated carbocycles. The molecule has 4 nitrogen and oxygen atoms in total. The fraction of sp³-hybridized carbons (Fsp3) is 0.818. The minimum Gasteiger partial charge on any atom is -0.481 e. The van der Waals surface area contributed by atoms with Gasteiger partial charge in [-0.15, -0.1) is 0 Å². The molecular weight excluding hydrogens is 328 g/mol. The minimum absolute atomic E-state index is 0.178. The molecule has 0 bridgehead atoms. The van der Waals surface area contributed by atoms with E-state index in [-0.39, 0.29) is 18.6 Å². The molecule has 0 saturated heterocycles. The number of Topliss-reactive ketones (excluding diaryl/α,β-unsaturated/α-hetero) is 1. The maximum absolute atomic E-state index is 12.6. The van der Waals surface area contributed by atoms with E-state index in [1.165, 1.54) is 19.3 Å². The molecule has 0 radical (unpaired) electrons. The molecule has 1 aliphatic rings. The fourth-order valence-electron chi connectivity index (χ4n) is 4.17. The lowest BCUT2D eigenvalue weighted by molar-refractivity contribution is -0.137. The van der Waals surface area contributed by atoms with E-state index in [2.05, 4.69) is 26.0 Å². The van der Waals surface area contributed by atoms with Crippen molar-refractivity contribution in [1.29, 1.82) is 0 Å². The van der Waals surface area contributed by atoms with Crippen molar-refractivity contribution in [3.8, 4) is 0 Å². The summed E-state index contributed by atoms with van der Waals surface area (Å²) in [7, 11) is 0. The van der Waals surface area contributed by atoms with Crippen molar-refractivity contribution >= 4 is 11.8 Å². The molecule has 3 atom stereocenters. The van der Waals surface area contributed by atoms with Crippen molar-refractivity contribution in [2.75, 3.05) is 0 Å².